The number of nitrogen functional groups attached to an aromatic ring is 2. The van der Waals surface area contributed by atoms with Crippen molar-refractivity contribution >= 4 is 45.9 Å². The van der Waals surface area contributed by atoms with Crippen molar-refractivity contribution in [1.29, 1.82) is 0 Å². The lowest BCUT2D eigenvalue weighted by Gasteiger charge is -2.11. The van der Waals surface area contributed by atoms with Crippen LogP contribution in [0.15, 0.2) is 42.6 Å². The Morgan fingerprint density at radius 3 is 1.90 bits per heavy atom. The SMILES string of the molecule is COC(=O)c1cc(-c2cccn2C)c(C)cc1N.COC(=O)c1cc(I)c(C)cc1N. The molecule has 4 N–H and O–H groups in total. The summed E-state index contributed by atoms with van der Waals surface area (Å²) in [7, 11) is 4.65. The molecule has 0 amide bonds. The van der Waals surface area contributed by atoms with Crippen LogP contribution in [0.1, 0.15) is 31.8 Å². The molecule has 0 radical (unpaired) electrons. The van der Waals surface area contributed by atoms with Crippen LogP contribution in [0.2, 0.25) is 0 Å². The van der Waals surface area contributed by atoms with Gasteiger partial charge in [0.25, 0.3) is 0 Å². The fourth-order valence-corrected chi connectivity index (χ4v) is 3.49. The number of aromatic nitrogens is 1. The molecule has 0 atom stereocenters. The molecule has 3 aromatic rings. The third kappa shape index (κ3) is 5.57. The van der Waals surface area contributed by atoms with Gasteiger partial charge in [-0.25, -0.2) is 9.59 Å². The lowest BCUT2D eigenvalue weighted by molar-refractivity contribution is 0.0593. The van der Waals surface area contributed by atoms with Crippen molar-refractivity contribution in [3.05, 3.63) is 68.4 Å². The van der Waals surface area contributed by atoms with E-state index in [0.717, 1.165) is 26.0 Å². The smallest absolute Gasteiger partial charge is 0.339 e. The van der Waals surface area contributed by atoms with Crippen molar-refractivity contribution in [2.45, 2.75) is 13.8 Å². The molecule has 2 aromatic carbocycles. The van der Waals surface area contributed by atoms with Crippen LogP contribution in [0, 0.1) is 17.4 Å². The van der Waals surface area contributed by atoms with Crippen molar-refractivity contribution in [3.63, 3.8) is 0 Å². The minimum absolute atomic E-state index is 0.393. The summed E-state index contributed by atoms with van der Waals surface area (Å²) in [5, 5.41) is 0. The van der Waals surface area contributed by atoms with Gasteiger partial charge in [0.05, 0.1) is 25.3 Å². The molecule has 0 aliphatic carbocycles. The van der Waals surface area contributed by atoms with Crippen LogP contribution in [0.3, 0.4) is 0 Å². The topological polar surface area (TPSA) is 110 Å². The predicted molar refractivity (Wildman–Crippen MR) is 131 cm³/mol. The molecule has 8 heteroatoms. The van der Waals surface area contributed by atoms with E-state index in [1.807, 2.05) is 43.8 Å². The molecule has 0 aliphatic rings. The zero-order chi connectivity index (χ0) is 23.3. The number of benzene rings is 2. The first kappa shape index (κ1) is 24.3. The highest BCUT2D eigenvalue weighted by Gasteiger charge is 2.15. The van der Waals surface area contributed by atoms with Gasteiger partial charge in [-0.3, -0.25) is 0 Å². The molecular formula is C23H26IN3O4. The molecule has 1 aromatic heterocycles. The molecule has 1 heterocycles. The average Bonchev–Trinajstić information content (AvgIpc) is 3.15. The van der Waals surface area contributed by atoms with Crippen molar-refractivity contribution in [2.24, 2.45) is 7.05 Å². The average molecular weight is 535 g/mol. The second-order valence-corrected chi connectivity index (χ2v) is 8.09. The van der Waals surface area contributed by atoms with E-state index in [0.29, 0.717) is 22.5 Å². The molecule has 0 fully saturated rings. The number of hydrogen-bond donors (Lipinski definition) is 2. The summed E-state index contributed by atoms with van der Waals surface area (Å²) >= 11 is 2.15. The zero-order valence-electron chi connectivity index (χ0n) is 18.2. The third-order valence-corrected chi connectivity index (χ3v) is 5.92. The first-order chi connectivity index (χ1) is 14.6. The van der Waals surface area contributed by atoms with E-state index in [-0.39, 0.29) is 0 Å². The molecule has 0 spiro atoms. The summed E-state index contributed by atoms with van der Waals surface area (Å²) in [6, 6.07) is 11.0. The number of carbonyl (C=O) groups is 2. The van der Waals surface area contributed by atoms with E-state index >= 15 is 0 Å². The first-order valence-electron chi connectivity index (χ1n) is 9.34. The summed E-state index contributed by atoms with van der Waals surface area (Å²) in [5.74, 6) is -0.807. The monoisotopic (exact) mass is 535 g/mol. The molecule has 0 saturated carbocycles. The quantitative estimate of drug-likeness (QED) is 0.294. The van der Waals surface area contributed by atoms with E-state index in [4.69, 9.17) is 16.2 Å². The van der Waals surface area contributed by atoms with Gasteiger partial charge in [0, 0.05) is 39.4 Å². The van der Waals surface area contributed by atoms with Crippen LogP contribution in [0.5, 0.6) is 0 Å². The van der Waals surface area contributed by atoms with Crippen LogP contribution < -0.4 is 11.5 Å². The first-order valence-corrected chi connectivity index (χ1v) is 10.4. The number of rotatable bonds is 3. The van der Waals surface area contributed by atoms with Crippen molar-refractivity contribution in [3.8, 4) is 11.3 Å². The van der Waals surface area contributed by atoms with Crippen LogP contribution in [-0.4, -0.2) is 30.7 Å². The Hall–Kier alpha value is -3.01. The largest absolute Gasteiger partial charge is 0.465 e. The lowest BCUT2D eigenvalue weighted by atomic mass is 10.0. The summed E-state index contributed by atoms with van der Waals surface area (Å²) in [6.45, 7) is 3.92. The Bertz CT molecular complexity index is 1120. The second-order valence-electron chi connectivity index (χ2n) is 6.93. The number of methoxy groups -OCH3 is 2. The van der Waals surface area contributed by atoms with E-state index < -0.39 is 11.9 Å². The van der Waals surface area contributed by atoms with E-state index in [9.17, 15) is 9.59 Å². The number of nitrogens with two attached hydrogens (primary N) is 2. The molecular weight excluding hydrogens is 509 g/mol. The number of anilines is 2. The minimum Gasteiger partial charge on any atom is -0.465 e. The molecule has 0 saturated heterocycles. The Morgan fingerprint density at radius 1 is 0.903 bits per heavy atom. The summed E-state index contributed by atoms with van der Waals surface area (Å²) in [6.07, 6.45) is 1.96. The van der Waals surface area contributed by atoms with Gasteiger partial charge < -0.3 is 25.5 Å². The maximum absolute atomic E-state index is 11.6. The fourth-order valence-electron chi connectivity index (χ4n) is 3.02. The van der Waals surface area contributed by atoms with Crippen LogP contribution >= 0.6 is 22.6 Å². The van der Waals surface area contributed by atoms with Gasteiger partial charge >= 0.3 is 11.9 Å². The number of esters is 2. The van der Waals surface area contributed by atoms with Crippen LogP contribution in [0.4, 0.5) is 11.4 Å². The van der Waals surface area contributed by atoms with E-state index in [1.54, 1.807) is 24.3 Å². The number of nitrogens with zero attached hydrogens (tertiary/aromatic N) is 1. The minimum atomic E-state index is -0.414. The third-order valence-electron chi connectivity index (χ3n) is 4.76. The summed E-state index contributed by atoms with van der Waals surface area (Å²) < 4.78 is 12.3. The van der Waals surface area contributed by atoms with Gasteiger partial charge in [-0.15, -0.1) is 0 Å². The van der Waals surface area contributed by atoms with E-state index in [1.165, 1.54) is 14.2 Å². The van der Waals surface area contributed by atoms with Gasteiger partial charge in [0.2, 0.25) is 0 Å². The van der Waals surface area contributed by atoms with E-state index in [2.05, 4.69) is 27.3 Å². The molecule has 0 aliphatic heterocycles. The summed E-state index contributed by atoms with van der Waals surface area (Å²) in [4.78, 5) is 22.8. The maximum Gasteiger partial charge on any atom is 0.339 e. The highest BCUT2D eigenvalue weighted by molar-refractivity contribution is 14.1. The van der Waals surface area contributed by atoms with Gasteiger partial charge in [-0.2, -0.15) is 0 Å². The highest BCUT2D eigenvalue weighted by atomic mass is 127. The standard InChI is InChI=1S/C14H16N2O2.C9H10INO2/c1-9-7-12(15)11(14(17)18-3)8-10(9)13-5-4-6-16(13)2;1-5-3-8(11)6(4-7(5)10)9(12)13-2/h4-8H,15H2,1-3H3;3-4H,11H2,1-2H3. The lowest BCUT2D eigenvalue weighted by Crippen LogP contribution is -2.07. The number of carbonyl (C=O) groups excluding carboxylic acids is 2. The predicted octanol–water partition coefficient (Wildman–Crippen LogP) is 4.34. The molecule has 0 bridgehead atoms. The van der Waals surface area contributed by atoms with Gasteiger partial charge in [-0.1, -0.05) is 0 Å². The van der Waals surface area contributed by atoms with Crippen LogP contribution in [-0.2, 0) is 16.5 Å². The number of aryl methyl sites for hydroxylation is 3. The molecule has 31 heavy (non-hydrogen) atoms. The Kier molecular flexibility index (Phi) is 8.09. The Balaban J connectivity index is 0.000000233. The second kappa shape index (κ2) is 10.3. The highest BCUT2D eigenvalue weighted by Crippen LogP contribution is 2.28. The maximum atomic E-state index is 11.6. The number of ether oxygens (including phenoxy) is 2. The van der Waals surface area contributed by atoms with Crippen molar-refractivity contribution < 1.29 is 19.1 Å². The van der Waals surface area contributed by atoms with Gasteiger partial charge in [0.1, 0.15) is 0 Å². The van der Waals surface area contributed by atoms with Crippen LogP contribution in [0.25, 0.3) is 11.3 Å². The molecule has 7 nitrogen and oxygen atoms in total. The fraction of sp³-hybridized carbons (Fsp3) is 0.217. The Morgan fingerprint density at radius 2 is 1.42 bits per heavy atom. The molecule has 0 unspecified atom stereocenters. The van der Waals surface area contributed by atoms with Crippen molar-refractivity contribution in [1.82, 2.24) is 4.57 Å². The zero-order valence-corrected chi connectivity index (χ0v) is 20.3. The normalized spacial score (nSPS) is 10.1. The van der Waals surface area contributed by atoms with Gasteiger partial charge in [0.15, 0.2) is 0 Å². The summed E-state index contributed by atoms with van der Waals surface area (Å²) in [5.41, 5.74) is 17.4. The van der Waals surface area contributed by atoms with Crippen molar-refractivity contribution in [2.75, 3.05) is 25.7 Å². The Labute approximate surface area is 195 Å². The number of halogens is 1. The number of hydrogen-bond acceptors (Lipinski definition) is 6. The molecule has 3 rings (SSSR count). The van der Waals surface area contributed by atoms with Gasteiger partial charge in [-0.05, 0) is 84.0 Å². The molecule has 164 valence electrons.